The first-order valence-corrected chi connectivity index (χ1v) is 6.09. The lowest BCUT2D eigenvalue weighted by Gasteiger charge is -2.24. The highest BCUT2D eigenvalue weighted by Gasteiger charge is 2.30. The van der Waals surface area contributed by atoms with Crippen LogP contribution in [0.2, 0.25) is 5.15 Å². The number of nitrogens with zero attached hydrogens (tertiary/aromatic N) is 3. The summed E-state index contributed by atoms with van der Waals surface area (Å²) >= 11 is 5.83. The lowest BCUT2D eigenvalue weighted by molar-refractivity contribution is -0.384. The minimum absolute atomic E-state index is 0.0368. The number of aromatic nitrogens is 1. The van der Waals surface area contributed by atoms with E-state index in [0.29, 0.717) is 17.0 Å². The summed E-state index contributed by atoms with van der Waals surface area (Å²) in [5, 5.41) is 11.3. The predicted molar refractivity (Wildman–Crippen MR) is 66.6 cm³/mol. The lowest BCUT2D eigenvalue weighted by atomic mass is 10.2. The fourth-order valence-electron chi connectivity index (χ4n) is 2.31. The van der Waals surface area contributed by atoms with Crippen LogP contribution in [0.4, 0.5) is 11.5 Å². The molecule has 6 heteroatoms. The molecule has 0 aliphatic carbocycles. The van der Waals surface area contributed by atoms with Crippen molar-refractivity contribution < 1.29 is 4.92 Å². The van der Waals surface area contributed by atoms with E-state index in [4.69, 9.17) is 11.6 Å². The van der Waals surface area contributed by atoms with Gasteiger partial charge in [0, 0.05) is 18.7 Å². The molecule has 2 rings (SSSR count). The summed E-state index contributed by atoms with van der Waals surface area (Å²) in [5.74, 6) is 0.409. The van der Waals surface area contributed by atoms with Crippen molar-refractivity contribution in [2.75, 3.05) is 11.4 Å². The summed E-state index contributed by atoms with van der Waals surface area (Å²) in [5.41, 5.74) is 0.0368. The highest BCUT2D eigenvalue weighted by molar-refractivity contribution is 6.29. The van der Waals surface area contributed by atoms with Gasteiger partial charge in [-0.1, -0.05) is 18.5 Å². The topological polar surface area (TPSA) is 59.3 Å². The minimum atomic E-state index is -0.399. The molecule has 0 aromatic carbocycles. The number of hydrogen-bond donors (Lipinski definition) is 0. The molecule has 1 atom stereocenters. The van der Waals surface area contributed by atoms with Gasteiger partial charge < -0.3 is 4.90 Å². The van der Waals surface area contributed by atoms with Crippen molar-refractivity contribution >= 4 is 23.1 Å². The number of rotatable bonds is 3. The quantitative estimate of drug-likeness (QED) is 0.473. The normalized spacial score (nSPS) is 19.6. The molecule has 1 aromatic heterocycles. The zero-order valence-corrected chi connectivity index (χ0v) is 10.4. The molecule has 1 aliphatic rings. The molecule has 17 heavy (non-hydrogen) atoms. The number of pyridine rings is 1. The standard InChI is InChI=1S/C11H14ClN3O2/c1-2-8-4-3-7-14(8)11-9(15(16)17)5-6-10(12)13-11/h5-6,8H,2-4,7H2,1H3. The molecule has 1 fully saturated rings. The number of hydrogen-bond acceptors (Lipinski definition) is 4. The van der Waals surface area contributed by atoms with E-state index in [9.17, 15) is 10.1 Å². The average Bonchev–Trinajstić information content (AvgIpc) is 2.76. The van der Waals surface area contributed by atoms with E-state index in [2.05, 4.69) is 11.9 Å². The Morgan fingerprint density at radius 2 is 2.41 bits per heavy atom. The van der Waals surface area contributed by atoms with Gasteiger partial charge in [-0.3, -0.25) is 10.1 Å². The highest BCUT2D eigenvalue weighted by atomic mass is 35.5. The van der Waals surface area contributed by atoms with Crippen molar-refractivity contribution in [3.05, 3.63) is 27.4 Å². The number of anilines is 1. The second kappa shape index (κ2) is 4.87. The minimum Gasteiger partial charge on any atom is -0.348 e. The third kappa shape index (κ3) is 2.34. The fraction of sp³-hybridized carbons (Fsp3) is 0.545. The van der Waals surface area contributed by atoms with Crippen LogP contribution in [-0.2, 0) is 0 Å². The first-order valence-electron chi connectivity index (χ1n) is 5.71. The van der Waals surface area contributed by atoms with Crippen LogP contribution in [0.25, 0.3) is 0 Å². The summed E-state index contributed by atoms with van der Waals surface area (Å²) in [4.78, 5) is 16.7. The third-order valence-corrected chi connectivity index (χ3v) is 3.35. The van der Waals surface area contributed by atoms with Crippen LogP contribution in [0.5, 0.6) is 0 Å². The maximum absolute atomic E-state index is 11.0. The number of halogens is 1. The summed E-state index contributed by atoms with van der Waals surface area (Å²) in [6.45, 7) is 2.89. The molecule has 0 saturated carbocycles. The van der Waals surface area contributed by atoms with E-state index in [1.807, 2.05) is 4.90 Å². The Hall–Kier alpha value is -1.36. The van der Waals surface area contributed by atoms with E-state index < -0.39 is 4.92 Å². The van der Waals surface area contributed by atoms with E-state index in [0.717, 1.165) is 25.8 Å². The van der Waals surface area contributed by atoms with Crippen molar-refractivity contribution in [1.29, 1.82) is 0 Å². The van der Waals surface area contributed by atoms with Gasteiger partial charge in [0.25, 0.3) is 0 Å². The van der Waals surface area contributed by atoms with Crippen molar-refractivity contribution in [3.63, 3.8) is 0 Å². The Kier molecular flexibility index (Phi) is 3.47. The van der Waals surface area contributed by atoms with Crippen LogP contribution in [0.3, 0.4) is 0 Å². The summed E-state index contributed by atoms with van der Waals surface area (Å²) in [6.07, 6.45) is 3.07. The van der Waals surface area contributed by atoms with Crippen LogP contribution < -0.4 is 4.90 Å². The Morgan fingerprint density at radius 3 is 3.06 bits per heavy atom. The van der Waals surface area contributed by atoms with Crippen LogP contribution in [0.15, 0.2) is 12.1 Å². The van der Waals surface area contributed by atoms with Crippen molar-refractivity contribution in [1.82, 2.24) is 4.98 Å². The van der Waals surface area contributed by atoms with Gasteiger partial charge in [-0.15, -0.1) is 0 Å². The molecule has 92 valence electrons. The summed E-state index contributed by atoms with van der Waals surface area (Å²) < 4.78 is 0. The van der Waals surface area contributed by atoms with E-state index in [1.165, 1.54) is 12.1 Å². The van der Waals surface area contributed by atoms with Gasteiger partial charge in [0.05, 0.1) is 4.92 Å². The van der Waals surface area contributed by atoms with Crippen molar-refractivity contribution in [2.24, 2.45) is 0 Å². The van der Waals surface area contributed by atoms with Gasteiger partial charge in [-0.25, -0.2) is 4.98 Å². The molecular formula is C11H14ClN3O2. The van der Waals surface area contributed by atoms with Crippen LogP contribution in [0.1, 0.15) is 26.2 Å². The SMILES string of the molecule is CCC1CCCN1c1nc(Cl)ccc1[N+](=O)[O-]. The first-order chi connectivity index (χ1) is 8.13. The maximum Gasteiger partial charge on any atom is 0.311 e. The van der Waals surface area contributed by atoms with Crippen LogP contribution in [-0.4, -0.2) is 22.5 Å². The lowest BCUT2D eigenvalue weighted by Crippen LogP contribution is -2.29. The van der Waals surface area contributed by atoms with E-state index >= 15 is 0 Å². The largest absolute Gasteiger partial charge is 0.348 e. The predicted octanol–water partition coefficient (Wildman–Crippen LogP) is 3.02. The summed E-state index contributed by atoms with van der Waals surface area (Å²) in [7, 11) is 0. The Bertz CT molecular complexity index is 439. The molecule has 0 amide bonds. The van der Waals surface area contributed by atoms with Crippen LogP contribution in [0, 0.1) is 10.1 Å². The van der Waals surface area contributed by atoms with E-state index in [-0.39, 0.29) is 5.69 Å². The van der Waals surface area contributed by atoms with Crippen molar-refractivity contribution in [3.8, 4) is 0 Å². The van der Waals surface area contributed by atoms with Crippen LogP contribution >= 0.6 is 11.6 Å². The molecule has 0 N–H and O–H groups in total. The summed E-state index contributed by atoms with van der Waals surface area (Å²) in [6, 6.07) is 3.22. The molecule has 1 aromatic rings. The zero-order chi connectivity index (χ0) is 12.4. The van der Waals surface area contributed by atoms with Gasteiger partial charge >= 0.3 is 5.69 Å². The fourth-order valence-corrected chi connectivity index (χ4v) is 2.45. The second-order valence-electron chi connectivity index (χ2n) is 4.13. The molecule has 0 radical (unpaired) electrons. The third-order valence-electron chi connectivity index (χ3n) is 3.14. The Morgan fingerprint density at radius 1 is 1.65 bits per heavy atom. The molecule has 2 heterocycles. The van der Waals surface area contributed by atoms with Crippen molar-refractivity contribution in [2.45, 2.75) is 32.2 Å². The molecule has 0 spiro atoms. The molecule has 1 unspecified atom stereocenters. The smallest absolute Gasteiger partial charge is 0.311 e. The zero-order valence-electron chi connectivity index (χ0n) is 9.60. The molecule has 1 aliphatic heterocycles. The maximum atomic E-state index is 11.0. The van der Waals surface area contributed by atoms with Gasteiger partial charge in [-0.05, 0) is 25.3 Å². The molecule has 1 saturated heterocycles. The Balaban J connectivity index is 2.42. The second-order valence-corrected chi connectivity index (χ2v) is 4.52. The molecular weight excluding hydrogens is 242 g/mol. The number of nitro groups is 1. The van der Waals surface area contributed by atoms with Gasteiger partial charge in [0.2, 0.25) is 5.82 Å². The average molecular weight is 256 g/mol. The molecule has 5 nitrogen and oxygen atoms in total. The highest BCUT2D eigenvalue weighted by Crippen LogP contribution is 2.33. The van der Waals surface area contributed by atoms with E-state index in [1.54, 1.807) is 0 Å². The monoisotopic (exact) mass is 255 g/mol. The van der Waals surface area contributed by atoms with Gasteiger partial charge in [-0.2, -0.15) is 0 Å². The van der Waals surface area contributed by atoms with Gasteiger partial charge in [0.1, 0.15) is 5.15 Å². The first kappa shape index (κ1) is 12.1. The van der Waals surface area contributed by atoms with Gasteiger partial charge in [0.15, 0.2) is 0 Å². The Labute approximate surface area is 105 Å². The molecule has 0 bridgehead atoms.